The maximum atomic E-state index is 11.8. The largest absolute Gasteiger partial charge is 0.486 e. The maximum absolute atomic E-state index is 11.8. The molecule has 0 saturated carbocycles. The summed E-state index contributed by atoms with van der Waals surface area (Å²) in [7, 11) is 0. The molecular formula is C14H12ClNO4. The Morgan fingerprint density at radius 1 is 1.35 bits per heavy atom. The van der Waals surface area contributed by atoms with E-state index in [9.17, 15) is 4.79 Å². The first-order valence-electron chi connectivity index (χ1n) is 6.25. The molecule has 0 bridgehead atoms. The Kier molecular flexibility index (Phi) is 3.36. The van der Waals surface area contributed by atoms with Gasteiger partial charge in [-0.25, -0.2) is 4.79 Å². The molecule has 0 amide bonds. The van der Waals surface area contributed by atoms with Crippen LogP contribution in [-0.4, -0.2) is 30.8 Å². The van der Waals surface area contributed by atoms with Gasteiger partial charge < -0.3 is 14.2 Å². The van der Waals surface area contributed by atoms with Crippen LogP contribution in [0.4, 0.5) is 0 Å². The van der Waals surface area contributed by atoms with E-state index in [0.29, 0.717) is 40.6 Å². The fraction of sp³-hybridized carbons (Fsp3) is 0.286. The number of ether oxygens (including phenoxy) is 3. The highest BCUT2D eigenvalue weighted by Gasteiger charge is 2.19. The zero-order valence-corrected chi connectivity index (χ0v) is 11.6. The normalized spacial score (nSPS) is 13.3. The molecule has 1 aromatic heterocycles. The minimum Gasteiger partial charge on any atom is -0.486 e. The van der Waals surface area contributed by atoms with Gasteiger partial charge in [0.15, 0.2) is 11.5 Å². The van der Waals surface area contributed by atoms with Crippen molar-refractivity contribution < 1.29 is 19.0 Å². The second kappa shape index (κ2) is 5.17. The highest BCUT2D eigenvalue weighted by Crippen LogP contribution is 2.37. The number of hydrogen-bond acceptors (Lipinski definition) is 5. The van der Waals surface area contributed by atoms with E-state index in [-0.39, 0.29) is 12.2 Å². The molecule has 3 rings (SSSR count). The minimum atomic E-state index is -0.484. The lowest BCUT2D eigenvalue weighted by atomic mass is 10.1. The van der Waals surface area contributed by atoms with Crippen LogP contribution in [0.25, 0.3) is 10.9 Å². The summed E-state index contributed by atoms with van der Waals surface area (Å²) in [5.41, 5.74) is 0.894. The number of nitrogens with zero attached hydrogens (tertiary/aromatic N) is 1. The van der Waals surface area contributed by atoms with E-state index in [4.69, 9.17) is 25.8 Å². The first kappa shape index (κ1) is 13.0. The fourth-order valence-electron chi connectivity index (χ4n) is 2.05. The molecule has 1 aliphatic heterocycles. The number of carbonyl (C=O) groups excluding carboxylic acids is 1. The SMILES string of the molecule is CCOC(=O)c1cnc2cc3c(cc2c1Cl)OCCO3. The molecule has 1 aliphatic rings. The van der Waals surface area contributed by atoms with Crippen molar-refractivity contribution in [3.05, 3.63) is 28.9 Å². The molecular weight excluding hydrogens is 282 g/mol. The number of hydrogen-bond donors (Lipinski definition) is 0. The highest BCUT2D eigenvalue weighted by molar-refractivity contribution is 6.38. The number of rotatable bonds is 2. The van der Waals surface area contributed by atoms with Crippen LogP contribution < -0.4 is 9.47 Å². The molecule has 2 aromatic rings. The van der Waals surface area contributed by atoms with Gasteiger partial charge in [-0.1, -0.05) is 11.6 Å². The van der Waals surface area contributed by atoms with Gasteiger partial charge in [0.25, 0.3) is 0 Å². The van der Waals surface area contributed by atoms with Crippen LogP contribution in [0, 0.1) is 0 Å². The molecule has 0 N–H and O–H groups in total. The van der Waals surface area contributed by atoms with Crippen molar-refractivity contribution in [2.45, 2.75) is 6.92 Å². The Balaban J connectivity index is 2.14. The zero-order valence-electron chi connectivity index (χ0n) is 10.8. The molecule has 0 unspecified atom stereocenters. The van der Waals surface area contributed by atoms with Gasteiger partial charge in [-0.2, -0.15) is 0 Å². The smallest absolute Gasteiger partial charge is 0.341 e. The minimum absolute atomic E-state index is 0.248. The molecule has 104 valence electrons. The number of aromatic nitrogens is 1. The number of esters is 1. The first-order valence-corrected chi connectivity index (χ1v) is 6.63. The van der Waals surface area contributed by atoms with Crippen LogP contribution in [-0.2, 0) is 4.74 Å². The molecule has 0 radical (unpaired) electrons. The third-order valence-electron chi connectivity index (χ3n) is 2.96. The quantitative estimate of drug-likeness (QED) is 0.797. The van der Waals surface area contributed by atoms with E-state index in [1.165, 1.54) is 6.20 Å². The lowest BCUT2D eigenvalue weighted by molar-refractivity contribution is 0.0526. The first-order chi connectivity index (χ1) is 9.70. The van der Waals surface area contributed by atoms with Gasteiger partial charge in [0, 0.05) is 17.6 Å². The van der Waals surface area contributed by atoms with Crippen LogP contribution in [0.15, 0.2) is 18.3 Å². The predicted octanol–water partition coefficient (Wildman–Crippen LogP) is 2.84. The average molecular weight is 294 g/mol. The molecule has 20 heavy (non-hydrogen) atoms. The second-order valence-electron chi connectivity index (χ2n) is 4.22. The topological polar surface area (TPSA) is 57.7 Å². The summed E-state index contributed by atoms with van der Waals surface area (Å²) in [5.74, 6) is 0.756. The van der Waals surface area contributed by atoms with Crippen LogP contribution in [0.2, 0.25) is 5.02 Å². The van der Waals surface area contributed by atoms with E-state index >= 15 is 0 Å². The van der Waals surface area contributed by atoms with Gasteiger partial charge in [-0.15, -0.1) is 0 Å². The standard InChI is InChI=1S/C14H12ClNO4/c1-2-18-14(17)9-7-16-10-6-12-11(19-3-4-20-12)5-8(10)13(9)15/h5-7H,2-4H2,1H3. The number of halogens is 1. The molecule has 0 atom stereocenters. The van der Waals surface area contributed by atoms with E-state index in [2.05, 4.69) is 4.98 Å². The molecule has 5 nitrogen and oxygen atoms in total. The Morgan fingerprint density at radius 2 is 2.05 bits per heavy atom. The Morgan fingerprint density at radius 3 is 2.75 bits per heavy atom. The van der Waals surface area contributed by atoms with E-state index in [1.54, 1.807) is 19.1 Å². The fourth-order valence-corrected chi connectivity index (χ4v) is 2.32. The van der Waals surface area contributed by atoms with Crippen molar-refractivity contribution in [1.82, 2.24) is 4.98 Å². The Labute approximate surface area is 120 Å². The van der Waals surface area contributed by atoms with Crippen molar-refractivity contribution in [3.8, 4) is 11.5 Å². The van der Waals surface area contributed by atoms with Gasteiger partial charge in [-0.3, -0.25) is 4.98 Å². The van der Waals surface area contributed by atoms with Gasteiger partial charge in [0.2, 0.25) is 0 Å². The summed E-state index contributed by atoms with van der Waals surface area (Å²) in [5, 5.41) is 0.951. The van der Waals surface area contributed by atoms with Crippen molar-refractivity contribution in [2.24, 2.45) is 0 Å². The summed E-state index contributed by atoms with van der Waals surface area (Å²) in [6.07, 6.45) is 1.42. The molecule has 0 fully saturated rings. The summed E-state index contributed by atoms with van der Waals surface area (Å²) in [4.78, 5) is 16.0. The summed E-state index contributed by atoms with van der Waals surface area (Å²) in [6.45, 7) is 3.02. The number of pyridine rings is 1. The zero-order chi connectivity index (χ0) is 14.1. The van der Waals surface area contributed by atoms with Crippen molar-refractivity contribution in [1.29, 1.82) is 0 Å². The van der Waals surface area contributed by atoms with Crippen LogP contribution in [0.1, 0.15) is 17.3 Å². The van der Waals surface area contributed by atoms with E-state index in [0.717, 1.165) is 0 Å². The van der Waals surface area contributed by atoms with Gasteiger partial charge in [-0.05, 0) is 13.0 Å². The highest BCUT2D eigenvalue weighted by atomic mass is 35.5. The molecule has 0 spiro atoms. The van der Waals surface area contributed by atoms with Crippen molar-refractivity contribution >= 4 is 28.5 Å². The lowest BCUT2D eigenvalue weighted by Crippen LogP contribution is -2.15. The number of carbonyl (C=O) groups is 1. The molecule has 6 heteroatoms. The number of benzene rings is 1. The summed E-state index contributed by atoms with van der Waals surface area (Å²) < 4.78 is 15.9. The van der Waals surface area contributed by atoms with Crippen LogP contribution >= 0.6 is 11.6 Å². The Bertz CT molecular complexity index is 686. The predicted molar refractivity (Wildman–Crippen MR) is 73.7 cm³/mol. The molecule has 1 aromatic carbocycles. The van der Waals surface area contributed by atoms with Gasteiger partial charge in [0.05, 0.1) is 22.7 Å². The maximum Gasteiger partial charge on any atom is 0.341 e. The van der Waals surface area contributed by atoms with Crippen molar-refractivity contribution in [3.63, 3.8) is 0 Å². The second-order valence-corrected chi connectivity index (χ2v) is 4.60. The molecule has 2 heterocycles. The lowest BCUT2D eigenvalue weighted by Gasteiger charge is -2.19. The van der Waals surface area contributed by atoms with Crippen molar-refractivity contribution in [2.75, 3.05) is 19.8 Å². The monoisotopic (exact) mass is 293 g/mol. The van der Waals surface area contributed by atoms with E-state index in [1.807, 2.05) is 0 Å². The van der Waals surface area contributed by atoms with Gasteiger partial charge in [0.1, 0.15) is 13.2 Å². The summed E-state index contributed by atoms with van der Waals surface area (Å²) >= 11 is 6.28. The van der Waals surface area contributed by atoms with Crippen LogP contribution in [0.3, 0.4) is 0 Å². The average Bonchev–Trinajstić information content (AvgIpc) is 2.46. The van der Waals surface area contributed by atoms with Crippen LogP contribution in [0.5, 0.6) is 11.5 Å². The summed E-state index contributed by atoms with van der Waals surface area (Å²) in [6, 6.07) is 3.49. The molecule has 0 aliphatic carbocycles. The number of fused-ring (bicyclic) bond motifs is 2. The van der Waals surface area contributed by atoms with E-state index < -0.39 is 5.97 Å². The third kappa shape index (κ3) is 2.14. The Hall–Kier alpha value is -2.01. The molecule has 0 saturated heterocycles. The third-order valence-corrected chi connectivity index (χ3v) is 3.37. The van der Waals surface area contributed by atoms with Gasteiger partial charge >= 0.3 is 5.97 Å².